The number of benzene rings is 2. The quantitative estimate of drug-likeness (QED) is 0.506. The smallest absolute Gasteiger partial charge is 0.387 e. The molecular weight excluding hydrogens is 356 g/mol. The Hall–Kier alpha value is -2.54. The highest BCUT2D eigenvalue weighted by Gasteiger charge is 2.10. The Kier molecular flexibility index (Phi) is 6.82. The third-order valence-electron chi connectivity index (χ3n) is 3.14. The maximum atomic E-state index is 12.3. The third kappa shape index (κ3) is 5.49. The van der Waals surface area contributed by atoms with Crippen molar-refractivity contribution >= 4 is 17.8 Å². The summed E-state index contributed by atoms with van der Waals surface area (Å²) in [6.07, 6.45) is 1.42. The SMILES string of the molecule is COc1ccc(Cl)cc1CO/N=C\c1ccc(OC(F)F)c(OC)c1. The van der Waals surface area contributed by atoms with Gasteiger partial charge >= 0.3 is 6.61 Å². The maximum absolute atomic E-state index is 12.3. The van der Waals surface area contributed by atoms with Crippen molar-refractivity contribution in [3.05, 3.63) is 52.5 Å². The number of alkyl halides is 2. The van der Waals surface area contributed by atoms with Crippen LogP contribution < -0.4 is 14.2 Å². The lowest BCUT2D eigenvalue weighted by atomic mass is 10.2. The molecule has 2 rings (SSSR count). The molecule has 5 nitrogen and oxygen atoms in total. The van der Waals surface area contributed by atoms with E-state index in [1.807, 2.05) is 0 Å². The zero-order valence-electron chi connectivity index (χ0n) is 13.5. The van der Waals surface area contributed by atoms with Gasteiger partial charge in [-0.25, -0.2) is 0 Å². The molecule has 0 fully saturated rings. The first-order chi connectivity index (χ1) is 12.0. The van der Waals surface area contributed by atoms with E-state index in [0.29, 0.717) is 16.3 Å². The number of hydrogen-bond donors (Lipinski definition) is 0. The van der Waals surface area contributed by atoms with Crippen LogP contribution in [0.1, 0.15) is 11.1 Å². The molecule has 0 saturated carbocycles. The van der Waals surface area contributed by atoms with E-state index in [1.54, 1.807) is 31.4 Å². The van der Waals surface area contributed by atoms with Crippen LogP contribution in [0.15, 0.2) is 41.6 Å². The van der Waals surface area contributed by atoms with E-state index < -0.39 is 6.61 Å². The first-order valence-corrected chi connectivity index (χ1v) is 7.52. The van der Waals surface area contributed by atoms with E-state index >= 15 is 0 Å². The number of rotatable bonds is 8. The Bertz CT molecular complexity index is 741. The zero-order valence-corrected chi connectivity index (χ0v) is 14.3. The van der Waals surface area contributed by atoms with Gasteiger partial charge in [0.15, 0.2) is 11.5 Å². The molecule has 134 valence electrons. The van der Waals surface area contributed by atoms with Crippen molar-refractivity contribution in [3.8, 4) is 17.2 Å². The standard InChI is InChI=1S/C17H16ClF2NO4/c1-22-14-6-4-13(18)8-12(14)10-24-21-9-11-3-5-15(25-17(19)20)16(7-11)23-2/h3-9,17H,10H2,1-2H3/b21-9-. The molecule has 0 heterocycles. The second kappa shape index (κ2) is 9.08. The molecule has 0 N–H and O–H groups in total. The summed E-state index contributed by atoms with van der Waals surface area (Å²) in [5.74, 6) is 0.745. The molecule has 0 atom stereocenters. The zero-order chi connectivity index (χ0) is 18.2. The van der Waals surface area contributed by atoms with Crippen LogP contribution in [-0.2, 0) is 11.4 Å². The lowest BCUT2D eigenvalue weighted by molar-refractivity contribution is -0.0512. The molecule has 0 radical (unpaired) electrons. The van der Waals surface area contributed by atoms with Crippen LogP contribution in [0.5, 0.6) is 17.2 Å². The summed E-state index contributed by atoms with van der Waals surface area (Å²) in [5, 5.41) is 4.40. The molecule has 2 aromatic carbocycles. The van der Waals surface area contributed by atoms with Crippen molar-refractivity contribution in [2.45, 2.75) is 13.2 Å². The highest BCUT2D eigenvalue weighted by Crippen LogP contribution is 2.29. The fourth-order valence-corrected chi connectivity index (χ4v) is 2.22. The van der Waals surface area contributed by atoms with Gasteiger partial charge in [0.25, 0.3) is 0 Å². The molecule has 0 aliphatic carbocycles. The van der Waals surface area contributed by atoms with E-state index in [2.05, 4.69) is 9.89 Å². The number of methoxy groups -OCH3 is 2. The maximum Gasteiger partial charge on any atom is 0.387 e. The minimum Gasteiger partial charge on any atom is -0.496 e. The molecule has 0 aliphatic rings. The molecule has 25 heavy (non-hydrogen) atoms. The van der Waals surface area contributed by atoms with Gasteiger partial charge in [0, 0.05) is 16.1 Å². The Morgan fingerprint density at radius 1 is 1.04 bits per heavy atom. The van der Waals surface area contributed by atoms with Crippen molar-refractivity contribution in [1.29, 1.82) is 0 Å². The van der Waals surface area contributed by atoms with Crippen molar-refractivity contribution in [2.75, 3.05) is 14.2 Å². The third-order valence-corrected chi connectivity index (χ3v) is 3.38. The Labute approximate surface area is 148 Å². The van der Waals surface area contributed by atoms with Gasteiger partial charge in [0.1, 0.15) is 12.4 Å². The minimum atomic E-state index is -2.93. The average Bonchev–Trinajstić information content (AvgIpc) is 2.59. The lowest BCUT2D eigenvalue weighted by Crippen LogP contribution is -2.03. The van der Waals surface area contributed by atoms with Crippen LogP contribution in [0, 0.1) is 0 Å². The van der Waals surface area contributed by atoms with Crippen LogP contribution in [0.2, 0.25) is 5.02 Å². The second-order valence-electron chi connectivity index (χ2n) is 4.75. The molecule has 0 bridgehead atoms. The van der Waals surface area contributed by atoms with Crippen LogP contribution in [0.3, 0.4) is 0 Å². The fraction of sp³-hybridized carbons (Fsp3) is 0.235. The predicted molar refractivity (Wildman–Crippen MR) is 90.0 cm³/mol. The van der Waals surface area contributed by atoms with Crippen LogP contribution >= 0.6 is 11.6 Å². The van der Waals surface area contributed by atoms with Gasteiger partial charge in [-0.15, -0.1) is 0 Å². The minimum absolute atomic E-state index is 0.0563. The largest absolute Gasteiger partial charge is 0.496 e. The first kappa shape index (κ1) is 18.8. The Morgan fingerprint density at radius 2 is 1.76 bits per heavy atom. The van der Waals surface area contributed by atoms with E-state index in [9.17, 15) is 8.78 Å². The predicted octanol–water partition coefficient (Wildman–Crippen LogP) is 4.51. The van der Waals surface area contributed by atoms with Gasteiger partial charge in [-0.1, -0.05) is 16.8 Å². The van der Waals surface area contributed by atoms with E-state index in [0.717, 1.165) is 5.56 Å². The molecule has 8 heteroatoms. The van der Waals surface area contributed by atoms with Crippen LogP contribution in [-0.4, -0.2) is 27.0 Å². The second-order valence-corrected chi connectivity index (χ2v) is 5.19. The number of hydrogen-bond acceptors (Lipinski definition) is 5. The van der Waals surface area contributed by atoms with Crippen molar-refractivity contribution in [3.63, 3.8) is 0 Å². The van der Waals surface area contributed by atoms with Crippen LogP contribution in [0.4, 0.5) is 8.78 Å². The Morgan fingerprint density at radius 3 is 2.44 bits per heavy atom. The highest BCUT2D eigenvalue weighted by atomic mass is 35.5. The van der Waals surface area contributed by atoms with E-state index in [4.69, 9.17) is 25.9 Å². The van der Waals surface area contributed by atoms with Crippen molar-refractivity contribution < 1.29 is 27.8 Å². The fourth-order valence-electron chi connectivity index (χ4n) is 2.02. The number of ether oxygens (including phenoxy) is 3. The number of nitrogens with zero attached hydrogens (tertiary/aromatic N) is 1. The normalized spacial score (nSPS) is 11.0. The van der Waals surface area contributed by atoms with E-state index in [-0.39, 0.29) is 18.1 Å². The first-order valence-electron chi connectivity index (χ1n) is 7.14. The summed E-state index contributed by atoms with van der Waals surface area (Å²) in [4.78, 5) is 5.23. The van der Waals surface area contributed by atoms with Crippen LogP contribution in [0.25, 0.3) is 0 Å². The molecule has 0 saturated heterocycles. The van der Waals surface area contributed by atoms with E-state index in [1.165, 1.54) is 25.5 Å². The molecule has 0 aromatic heterocycles. The lowest BCUT2D eigenvalue weighted by Gasteiger charge is -2.10. The molecule has 0 amide bonds. The Balaban J connectivity index is 2.01. The summed E-state index contributed by atoms with van der Waals surface area (Å²) < 4.78 is 39.2. The molecule has 0 unspecified atom stereocenters. The molecular formula is C17H16ClF2NO4. The molecule has 2 aromatic rings. The van der Waals surface area contributed by atoms with Gasteiger partial charge < -0.3 is 19.0 Å². The topological polar surface area (TPSA) is 49.3 Å². The summed E-state index contributed by atoms with van der Waals surface area (Å²) in [5.41, 5.74) is 1.34. The van der Waals surface area contributed by atoms with Gasteiger partial charge in [0.2, 0.25) is 0 Å². The van der Waals surface area contributed by atoms with Gasteiger partial charge in [-0.05, 0) is 36.4 Å². The highest BCUT2D eigenvalue weighted by molar-refractivity contribution is 6.30. The van der Waals surface area contributed by atoms with Crippen molar-refractivity contribution in [1.82, 2.24) is 0 Å². The van der Waals surface area contributed by atoms with Gasteiger partial charge in [-0.2, -0.15) is 8.78 Å². The number of oxime groups is 1. The van der Waals surface area contributed by atoms with Gasteiger partial charge in [0.05, 0.1) is 20.4 Å². The summed E-state index contributed by atoms with van der Waals surface area (Å²) in [6.45, 7) is -2.77. The van der Waals surface area contributed by atoms with Gasteiger partial charge in [-0.3, -0.25) is 0 Å². The average molecular weight is 372 g/mol. The summed E-state index contributed by atoms with van der Waals surface area (Å²) >= 11 is 5.94. The number of halogens is 3. The molecule has 0 aliphatic heterocycles. The summed E-state index contributed by atoms with van der Waals surface area (Å²) in [6, 6.07) is 9.58. The monoisotopic (exact) mass is 371 g/mol. The van der Waals surface area contributed by atoms with Crippen molar-refractivity contribution in [2.24, 2.45) is 5.16 Å². The molecule has 0 spiro atoms. The summed E-state index contributed by atoms with van der Waals surface area (Å²) in [7, 11) is 2.90.